The predicted molar refractivity (Wildman–Crippen MR) is 76.9 cm³/mol. The van der Waals surface area contributed by atoms with E-state index in [1.54, 1.807) is 20.8 Å². The molecule has 0 aromatic heterocycles. The van der Waals surface area contributed by atoms with Crippen molar-refractivity contribution in [2.45, 2.75) is 59.1 Å². The predicted octanol–water partition coefficient (Wildman–Crippen LogP) is 2.88. The van der Waals surface area contributed by atoms with E-state index in [9.17, 15) is 13.2 Å². The number of carbonyl (C=O) groups excluding carboxylic acids is 1. The third-order valence-corrected chi connectivity index (χ3v) is 3.68. The number of hydrogen-bond donors (Lipinski definition) is 1. The minimum absolute atomic E-state index is 0.290. The molecule has 0 aromatic carbocycles. The Labute approximate surface area is 120 Å². The number of amides is 1. The van der Waals surface area contributed by atoms with E-state index in [2.05, 4.69) is 5.32 Å². The van der Waals surface area contributed by atoms with Crippen LogP contribution in [0, 0.1) is 5.92 Å². The number of halogens is 1. The van der Waals surface area contributed by atoms with E-state index in [-0.39, 0.29) is 5.75 Å². The quantitative estimate of drug-likeness (QED) is 0.765. The molecule has 2 unspecified atom stereocenters. The molecule has 2 atom stereocenters. The number of ether oxygens (including phenoxy) is 1. The van der Waals surface area contributed by atoms with Crippen molar-refractivity contribution < 1.29 is 17.9 Å². The highest BCUT2D eigenvalue weighted by Crippen LogP contribution is 2.14. The highest BCUT2D eigenvalue weighted by molar-refractivity contribution is 8.13. The summed E-state index contributed by atoms with van der Waals surface area (Å²) in [4.78, 5) is 11.7. The number of hydrogen-bond acceptors (Lipinski definition) is 4. The Hall–Kier alpha value is -0.490. The van der Waals surface area contributed by atoms with Crippen LogP contribution in [0.2, 0.25) is 0 Å². The molecule has 0 heterocycles. The van der Waals surface area contributed by atoms with Gasteiger partial charge in [-0.05, 0) is 33.1 Å². The maximum Gasteiger partial charge on any atom is 0.407 e. The Morgan fingerprint density at radius 1 is 1.37 bits per heavy atom. The molecule has 1 amide bonds. The first kappa shape index (κ1) is 18.5. The van der Waals surface area contributed by atoms with Gasteiger partial charge in [-0.3, -0.25) is 0 Å². The first-order chi connectivity index (χ1) is 8.43. The largest absolute Gasteiger partial charge is 0.444 e. The van der Waals surface area contributed by atoms with Crippen molar-refractivity contribution in [1.29, 1.82) is 0 Å². The van der Waals surface area contributed by atoms with Gasteiger partial charge < -0.3 is 10.1 Å². The van der Waals surface area contributed by atoms with Crippen LogP contribution in [0.1, 0.15) is 47.5 Å². The maximum atomic E-state index is 11.7. The van der Waals surface area contributed by atoms with Gasteiger partial charge in [0.05, 0.1) is 5.75 Å². The first-order valence-corrected chi connectivity index (χ1v) is 8.82. The van der Waals surface area contributed by atoms with Gasteiger partial charge in [0.15, 0.2) is 0 Å². The minimum atomic E-state index is -3.66. The van der Waals surface area contributed by atoms with Gasteiger partial charge in [0, 0.05) is 16.7 Å². The molecule has 0 aliphatic rings. The summed E-state index contributed by atoms with van der Waals surface area (Å²) < 4.78 is 27.4. The summed E-state index contributed by atoms with van der Waals surface area (Å²) in [7, 11) is 1.59. The lowest BCUT2D eigenvalue weighted by Gasteiger charge is -2.24. The summed E-state index contributed by atoms with van der Waals surface area (Å²) in [6.07, 6.45) is 0.817. The van der Waals surface area contributed by atoms with Crippen LogP contribution in [0.5, 0.6) is 0 Å². The molecule has 0 aliphatic carbocycles. The lowest BCUT2D eigenvalue weighted by Crippen LogP contribution is -2.42. The van der Waals surface area contributed by atoms with E-state index in [4.69, 9.17) is 15.4 Å². The second-order valence-corrected chi connectivity index (χ2v) is 8.62. The van der Waals surface area contributed by atoms with E-state index in [0.717, 1.165) is 6.42 Å². The summed E-state index contributed by atoms with van der Waals surface area (Å²) in [6, 6.07) is -0.535. The molecule has 7 heteroatoms. The monoisotopic (exact) mass is 313 g/mol. The summed E-state index contributed by atoms with van der Waals surface area (Å²) in [5.74, 6) is -0.00337. The molecule has 0 bridgehead atoms. The van der Waals surface area contributed by atoms with Gasteiger partial charge >= 0.3 is 6.09 Å². The summed E-state index contributed by atoms with van der Waals surface area (Å²) in [5, 5.41) is 2.57. The third-order valence-electron chi connectivity index (χ3n) is 2.50. The molecular weight excluding hydrogens is 290 g/mol. The highest BCUT2D eigenvalue weighted by Gasteiger charge is 2.24. The number of alkyl carbamates (subject to hydrolysis) is 1. The molecule has 114 valence electrons. The molecule has 19 heavy (non-hydrogen) atoms. The molecule has 0 saturated heterocycles. The summed E-state index contributed by atoms with van der Waals surface area (Å²) in [5.41, 5.74) is -0.620. The molecule has 0 fully saturated rings. The van der Waals surface area contributed by atoms with Gasteiger partial charge in [0.2, 0.25) is 9.05 Å². The van der Waals surface area contributed by atoms with Crippen molar-refractivity contribution in [1.82, 2.24) is 5.32 Å². The first-order valence-electron chi connectivity index (χ1n) is 6.34. The Morgan fingerprint density at radius 2 is 1.89 bits per heavy atom. The zero-order chi connectivity index (χ0) is 15.3. The molecule has 5 nitrogen and oxygen atoms in total. The standard InChI is InChI=1S/C12H24ClNO4S/c1-6-9(2)7-10(8-19(13,16)17)14-11(15)18-12(3,4)5/h9-10H,6-8H2,1-5H3,(H,14,15). The van der Waals surface area contributed by atoms with E-state index in [0.29, 0.717) is 12.3 Å². The molecular formula is C12H24ClNO4S. The third kappa shape index (κ3) is 11.1. The highest BCUT2D eigenvalue weighted by atomic mass is 35.7. The van der Waals surface area contributed by atoms with Gasteiger partial charge in [-0.25, -0.2) is 13.2 Å². The van der Waals surface area contributed by atoms with Gasteiger partial charge in [-0.2, -0.15) is 0 Å². The van der Waals surface area contributed by atoms with Crippen LogP contribution < -0.4 is 5.32 Å². The molecule has 0 saturated carbocycles. The average Bonchev–Trinajstić information content (AvgIpc) is 2.10. The van der Waals surface area contributed by atoms with Crippen molar-refractivity contribution in [3.63, 3.8) is 0 Å². The molecule has 0 aliphatic heterocycles. The topological polar surface area (TPSA) is 72.5 Å². The van der Waals surface area contributed by atoms with Crippen molar-refractivity contribution in [2.24, 2.45) is 5.92 Å². The van der Waals surface area contributed by atoms with Crippen molar-refractivity contribution in [2.75, 3.05) is 5.75 Å². The van der Waals surface area contributed by atoms with E-state index in [1.807, 2.05) is 13.8 Å². The van der Waals surface area contributed by atoms with Crippen molar-refractivity contribution in [3.05, 3.63) is 0 Å². The van der Waals surface area contributed by atoms with Crippen LogP contribution in [0.15, 0.2) is 0 Å². The summed E-state index contributed by atoms with van der Waals surface area (Å²) >= 11 is 0. The second kappa shape index (κ2) is 7.33. The molecule has 0 aromatic rings. The van der Waals surface area contributed by atoms with Gasteiger partial charge in [0.25, 0.3) is 0 Å². The minimum Gasteiger partial charge on any atom is -0.444 e. The fourth-order valence-electron chi connectivity index (χ4n) is 1.54. The molecule has 0 rings (SSSR count). The van der Waals surface area contributed by atoms with E-state index in [1.165, 1.54) is 0 Å². The number of carbonyl (C=O) groups is 1. The molecule has 0 radical (unpaired) electrons. The van der Waals surface area contributed by atoms with Crippen LogP contribution in [-0.4, -0.2) is 31.9 Å². The zero-order valence-electron chi connectivity index (χ0n) is 12.2. The lowest BCUT2D eigenvalue weighted by molar-refractivity contribution is 0.0504. The van der Waals surface area contributed by atoms with Crippen LogP contribution in [0.3, 0.4) is 0 Å². The van der Waals surface area contributed by atoms with E-state index >= 15 is 0 Å². The van der Waals surface area contributed by atoms with E-state index < -0.39 is 26.8 Å². The number of nitrogens with one attached hydrogen (secondary N) is 1. The van der Waals surface area contributed by atoms with Gasteiger partial charge in [-0.1, -0.05) is 20.3 Å². The van der Waals surface area contributed by atoms with Crippen LogP contribution >= 0.6 is 10.7 Å². The van der Waals surface area contributed by atoms with Crippen LogP contribution in [0.25, 0.3) is 0 Å². The number of rotatable bonds is 6. The Bertz CT molecular complexity index is 389. The van der Waals surface area contributed by atoms with Crippen molar-refractivity contribution >= 4 is 25.8 Å². The SMILES string of the molecule is CCC(C)CC(CS(=O)(=O)Cl)NC(=O)OC(C)(C)C. The van der Waals surface area contributed by atoms with Gasteiger partial charge in [0.1, 0.15) is 5.60 Å². The fraction of sp³-hybridized carbons (Fsp3) is 0.917. The maximum absolute atomic E-state index is 11.7. The smallest absolute Gasteiger partial charge is 0.407 e. The van der Waals surface area contributed by atoms with Crippen LogP contribution in [0.4, 0.5) is 4.79 Å². The summed E-state index contributed by atoms with van der Waals surface area (Å²) in [6.45, 7) is 9.23. The lowest BCUT2D eigenvalue weighted by atomic mass is 10.0. The Morgan fingerprint density at radius 3 is 2.26 bits per heavy atom. The van der Waals surface area contributed by atoms with Crippen LogP contribution in [-0.2, 0) is 13.8 Å². The van der Waals surface area contributed by atoms with Crippen molar-refractivity contribution in [3.8, 4) is 0 Å². The average molecular weight is 314 g/mol. The zero-order valence-corrected chi connectivity index (χ0v) is 13.8. The van der Waals surface area contributed by atoms with Gasteiger partial charge in [-0.15, -0.1) is 0 Å². The molecule has 1 N–H and O–H groups in total. The fourth-order valence-corrected chi connectivity index (χ4v) is 2.69. The molecule has 0 spiro atoms. The second-order valence-electron chi connectivity index (χ2n) is 5.80. The Balaban J connectivity index is 4.62. The normalized spacial score (nSPS) is 15.7. The Kier molecular flexibility index (Phi) is 7.15.